The number of benzene rings is 1. The highest BCUT2D eigenvalue weighted by Crippen LogP contribution is 2.22. The van der Waals surface area contributed by atoms with E-state index in [2.05, 4.69) is 5.32 Å². The summed E-state index contributed by atoms with van der Waals surface area (Å²) in [7, 11) is -0.975. The van der Waals surface area contributed by atoms with Crippen LogP contribution < -0.4 is 5.32 Å². The van der Waals surface area contributed by atoms with Gasteiger partial charge in [-0.25, -0.2) is 0 Å². The summed E-state index contributed by atoms with van der Waals surface area (Å²) in [6.07, 6.45) is 1.66. The maximum Gasteiger partial charge on any atom is 0.228 e. The average molecular weight is 321 g/mol. The summed E-state index contributed by atoms with van der Waals surface area (Å²) >= 11 is 1.58. The molecule has 21 heavy (non-hydrogen) atoms. The van der Waals surface area contributed by atoms with Gasteiger partial charge in [-0.05, 0) is 23.9 Å². The lowest BCUT2D eigenvalue weighted by molar-refractivity contribution is -0.122. The maximum atomic E-state index is 12.4. The van der Waals surface area contributed by atoms with E-state index in [-0.39, 0.29) is 17.9 Å². The number of hydrogen-bond acceptors (Lipinski definition) is 3. The van der Waals surface area contributed by atoms with Crippen molar-refractivity contribution < 1.29 is 9.00 Å². The Morgan fingerprint density at radius 2 is 1.95 bits per heavy atom. The predicted molar refractivity (Wildman–Crippen MR) is 89.0 cm³/mol. The third kappa shape index (κ3) is 4.51. The van der Waals surface area contributed by atoms with Crippen molar-refractivity contribution in [1.29, 1.82) is 0 Å². The Hall–Kier alpha value is -1.46. The summed E-state index contributed by atoms with van der Waals surface area (Å²) in [5.41, 5.74) is 0.986. The first-order valence-corrected chi connectivity index (χ1v) is 9.37. The van der Waals surface area contributed by atoms with Crippen LogP contribution in [0.2, 0.25) is 0 Å². The third-order valence-electron chi connectivity index (χ3n) is 3.28. The van der Waals surface area contributed by atoms with Crippen molar-refractivity contribution in [1.82, 2.24) is 5.32 Å². The van der Waals surface area contributed by atoms with E-state index >= 15 is 0 Å². The van der Waals surface area contributed by atoms with Crippen molar-refractivity contribution in [2.45, 2.75) is 18.9 Å². The van der Waals surface area contributed by atoms with E-state index in [0.717, 1.165) is 10.4 Å². The monoisotopic (exact) mass is 321 g/mol. The summed E-state index contributed by atoms with van der Waals surface area (Å²) < 4.78 is 11.6. The first-order chi connectivity index (χ1) is 10.1. The predicted octanol–water partition coefficient (Wildman–Crippen LogP) is 3.09. The van der Waals surface area contributed by atoms with E-state index in [1.807, 2.05) is 54.8 Å². The van der Waals surface area contributed by atoms with E-state index in [1.54, 1.807) is 17.6 Å². The van der Waals surface area contributed by atoms with Crippen LogP contribution >= 0.6 is 11.3 Å². The number of rotatable bonds is 6. The smallest absolute Gasteiger partial charge is 0.228 e. The third-order valence-corrected chi connectivity index (χ3v) is 5.14. The van der Waals surface area contributed by atoms with Gasteiger partial charge in [0.25, 0.3) is 0 Å². The highest BCUT2D eigenvalue weighted by atomic mass is 32.2. The van der Waals surface area contributed by atoms with Crippen molar-refractivity contribution in [3.63, 3.8) is 0 Å². The molecular weight excluding hydrogens is 302 g/mol. The largest absolute Gasteiger partial charge is 0.348 e. The molecule has 0 aliphatic rings. The van der Waals surface area contributed by atoms with Gasteiger partial charge >= 0.3 is 0 Å². The van der Waals surface area contributed by atoms with Crippen molar-refractivity contribution in [2.24, 2.45) is 0 Å². The van der Waals surface area contributed by atoms with Crippen LogP contribution in [0.15, 0.2) is 47.8 Å². The normalized spacial score (nSPS) is 15.1. The van der Waals surface area contributed by atoms with Gasteiger partial charge in [0.2, 0.25) is 5.91 Å². The zero-order valence-electron chi connectivity index (χ0n) is 12.1. The van der Waals surface area contributed by atoms with E-state index in [0.29, 0.717) is 5.75 Å². The Labute approximate surface area is 131 Å². The van der Waals surface area contributed by atoms with Crippen LogP contribution in [-0.4, -0.2) is 22.1 Å². The SMILES string of the molecule is C[C@H](C(=O)N[C@H](C[S@](C)=O)c1ccccc1)c1cccs1. The maximum absolute atomic E-state index is 12.4. The fourth-order valence-electron chi connectivity index (χ4n) is 2.10. The molecule has 1 N–H and O–H groups in total. The molecule has 0 radical (unpaired) electrons. The second kappa shape index (κ2) is 7.52. The molecule has 0 bridgehead atoms. The molecular formula is C16H19NO2S2. The molecule has 112 valence electrons. The van der Waals surface area contributed by atoms with Crippen LogP contribution in [-0.2, 0) is 15.6 Å². The van der Waals surface area contributed by atoms with Crippen LogP contribution in [0.1, 0.15) is 29.3 Å². The van der Waals surface area contributed by atoms with Crippen LogP contribution in [0.3, 0.4) is 0 Å². The number of hydrogen-bond donors (Lipinski definition) is 1. The minimum absolute atomic E-state index is 0.0308. The van der Waals surface area contributed by atoms with Crippen molar-refractivity contribution >= 4 is 28.0 Å². The molecule has 1 aromatic heterocycles. The second-order valence-electron chi connectivity index (χ2n) is 4.95. The molecule has 3 atom stereocenters. The summed E-state index contributed by atoms with van der Waals surface area (Å²) in [6, 6.07) is 13.4. The van der Waals surface area contributed by atoms with Gasteiger partial charge in [0, 0.05) is 27.7 Å². The van der Waals surface area contributed by atoms with Crippen LogP contribution in [0, 0.1) is 0 Å². The van der Waals surface area contributed by atoms with E-state index in [4.69, 9.17) is 0 Å². The number of nitrogens with one attached hydrogen (secondary N) is 1. The number of carbonyl (C=O) groups is 1. The van der Waals surface area contributed by atoms with Gasteiger partial charge in [0.15, 0.2) is 0 Å². The highest BCUT2D eigenvalue weighted by Gasteiger charge is 2.21. The molecule has 0 aliphatic carbocycles. The van der Waals surface area contributed by atoms with Crippen molar-refractivity contribution in [3.8, 4) is 0 Å². The number of amides is 1. The minimum Gasteiger partial charge on any atom is -0.348 e. The standard InChI is InChI=1S/C16H19NO2S2/c1-12(15-9-6-10-20-15)16(18)17-14(11-21(2)19)13-7-4-3-5-8-13/h3-10,12,14H,11H2,1-2H3,(H,17,18)/t12-,14+,21-/m0/s1. The van der Waals surface area contributed by atoms with Gasteiger partial charge in [0.05, 0.1) is 12.0 Å². The first kappa shape index (κ1) is 15.9. The Bertz CT molecular complexity index is 596. The molecule has 2 aromatic rings. The molecule has 0 unspecified atom stereocenters. The molecule has 3 nitrogen and oxygen atoms in total. The molecule has 0 saturated carbocycles. The Morgan fingerprint density at radius 1 is 1.24 bits per heavy atom. The molecule has 0 fully saturated rings. The Balaban J connectivity index is 2.11. The van der Waals surface area contributed by atoms with Gasteiger partial charge in [-0.2, -0.15) is 0 Å². The zero-order valence-corrected chi connectivity index (χ0v) is 13.7. The lowest BCUT2D eigenvalue weighted by Crippen LogP contribution is -2.34. The molecule has 5 heteroatoms. The Morgan fingerprint density at radius 3 is 2.52 bits per heavy atom. The molecule has 0 saturated heterocycles. The topological polar surface area (TPSA) is 46.2 Å². The summed E-state index contributed by atoms with van der Waals surface area (Å²) in [4.78, 5) is 13.4. The summed E-state index contributed by atoms with van der Waals surface area (Å²) in [5, 5.41) is 4.99. The average Bonchev–Trinajstić information content (AvgIpc) is 3.00. The second-order valence-corrected chi connectivity index (χ2v) is 7.41. The van der Waals surface area contributed by atoms with E-state index in [9.17, 15) is 9.00 Å². The Kier molecular flexibility index (Phi) is 5.70. The molecule has 0 spiro atoms. The van der Waals surface area contributed by atoms with E-state index in [1.165, 1.54) is 0 Å². The van der Waals surface area contributed by atoms with E-state index < -0.39 is 10.8 Å². The number of thiophene rings is 1. The summed E-state index contributed by atoms with van der Waals surface area (Å²) in [5.74, 6) is 0.200. The lowest BCUT2D eigenvalue weighted by atomic mass is 10.1. The van der Waals surface area contributed by atoms with Gasteiger partial charge < -0.3 is 5.32 Å². The lowest BCUT2D eigenvalue weighted by Gasteiger charge is -2.20. The zero-order chi connectivity index (χ0) is 15.2. The van der Waals surface area contributed by atoms with Gasteiger partial charge in [-0.1, -0.05) is 36.4 Å². The van der Waals surface area contributed by atoms with Gasteiger partial charge in [-0.15, -0.1) is 11.3 Å². The summed E-state index contributed by atoms with van der Waals surface area (Å²) in [6.45, 7) is 1.89. The quantitative estimate of drug-likeness (QED) is 0.889. The molecule has 1 aromatic carbocycles. The van der Waals surface area contributed by atoms with Gasteiger partial charge in [0.1, 0.15) is 0 Å². The molecule has 0 aliphatic heterocycles. The van der Waals surface area contributed by atoms with Crippen LogP contribution in [0.5, 0.6) is 0 Å². The highest BCUT2D eigenvalue weighted by molar-refractivity contribution is 7.84. The first-order valence-electron chi connectivity index (χ1n) is 6.76. The van der Waals surface area contributed by atoms with Crippen molar-refractivity contribution in [2.75, 3.05) is 12.0 Å². The fourth-order valence-corrected chi connectivity index (χ4v) is 3.63. The molecule has 2 rings (SSSR count). The van der Waals surface area contributed by atoms with Crippen molar-refractivity contribution in [3.05, 3.63) is 58.3 Å². The molecule has 1 heterocycles. The fraction of sp³-hybridized carbons (Fsp3) is 0.312. The van der Waals surface area contributed by atoms with Crippen LogP contribution in [0.4, 0.5) is 0 Å². The number of carbonyl (C=O) groups excluding carboxylic acids is 1. The van der Waals surface area contributed by atoms with Gasteiger partial charge in [-0.3, -0.25) is 9.00 Å². The van der Waals surface area contributed by atoms with Crippen LogP contribution in [0.25, 0.3) is 0 Å². The minimum atomic E-state index is -0.975. The molecule has 1 amide bonds.